The number of fused-ring (bicyclic) bond motifs is 1. The van der Waals surface area contributed by atoms with E-state index in [1.54, 1.807) is 0 Å². The van der Waals surface area contributed by atoms with Crippen molar-refractivity contribution in [1.82, 2.24) is 15.2 Å². The Labute approximate surface area is 107 Å². The van der Waals surface area contributed by atoms with Gasteiger partial charge >= 0.3 is 0 Å². The molecule has 1 heterocycles. The predicted octanol–water partition coefficient (Wildman–Crippen LogP) is 3.02. The van der Waals surface area contributed by atoms with Gasteiger partial charge in [0.05, 0.1) is 5.52 Å². The minimum atomic E-state index is 0.314. The van der Waals surface area contributed by atoms with Crippen LogP contribution in [0.2, 0.25) is 0 Å². The van der Waals surface area contributed by atoms with Crippen LogP contribution in [-0.4, -0.2) is 21.2 Å². The zero-order valence-corrected chi connectivity index (χ0v) is 10.8. The van der Waals surface area contributed by atoms with Crippen LogP contribution in [0.25, 0.3) is 11.0 Å². The highest BCUT2D eigenvalue weighted by Crippen LogP contribution is 2.38. The van der Waals surface area contributed by atoms with E-state index >= 15 is 0 Å². The maximum absolute atomic E-state index is 4.52. The summed E-state index contributed by atoms with van der Waals surface area (Å²) in [5.74, 6) is 0.647. The van der Waals surface area contributed by atoms with E-state index in [2.05, 4.69) is 34.3 Å². The quantitative estimate of drug-likeness (QED) is 0.879. The third-order valence-corrected chi connectivity index (χ3v) is 3.92. The molecule has 0 aliphatic heterocycles. The van der Waals surface area contributed by atoms with Crippen LogP contribution in [-0.2, 0) is 0 Å². The Hall–Kier alpha value is -1.71. The minimum Gasteiger partial charge on any atom is -0.350 e. The lowest BCUT2D eigenvalue weighted by Gasteiger charge is -2.27. The maximum atomic E-state index is 4.52. The van der Waals surface area contributed by atoms with Gasteiger partial charge in [-0.25, -0.2) is 4.98 Å². The van der Waals surface area contributed by atoms with Crippen LogP contribution >= 0.6 is 0 Å². The number of aromatic nitrogens is 3. The van der Waals surface area contributed by atoms with Crippen LogP contribution in [0, 0.1) is 5.41 Å². The largest absolute Gasteiger partial charge is 0.350 e. The normalized spacial score (nSPS) is 22.2. The molecule has 1 saturated carbocycles. The van der Waals surface area contributed by atoms with Gasteiger partial charge in [-0.15, -0.1) is 10.2 Å². The van der Waals surface area contributed by atoms with Crippen LogP contribution < -0.4 is 5.32 Å². The first-order valence-corrected chi connectivity index (χ1v) is 6.51. The zero-order valence-electron chi connectivity index (χ0n) is 10.8. The predicted molar refractivity (Wildman–Crippen MR) is 72.4 cm³/mol. The number of rotatable bonds is 2. The van der Waals surface area contributed by atoms with Gasteiger partial charge in [0.1, 0.15) is 5.52 Å². The molecule has 1 aliphatic rings. The highest BCUT2D eigenvalue weighted by molar-refractivity contribution is 5.74. The Kier molecular flexibility index (Phi) is 2.65. The van der Waals surface area contributed by atoms with Crippen molar-refractivity contribution < 1.29 is 0 Å². The summed E-state index contributed by atoms with van der Waals surface area (Å²) in [5.41, 5.74) is 2.05. The molecule has 2 aromatic rings. The maximum Gasteiger partial charge on any atom is 0.243 e. The van der Waals surface area contributed by atoms with Crippen molar-refractivity contribution in [3.8, 4) is 0 Å². The van der Waals surface area contributed by atoms with E-state index < -0.39 is 0 Å². The average molecular weight is 242 g/mol. The van der Waals surface area contributed by atoms with Gasteiger partial charge in [-0.05, 0) is 30.4 Å². The summed E-state index contributed by atoms with van der Waals surface area (Å²) >= 11 is 0. The fourth-order valence-electron chi connectivity index (χ4n) is 2.69. The molecule has 1 aromatic carbocycles. The van der Waals surface area contributed by atoms with Gasteiger partial charge in [0.2, 0.25) is 5.95 Å². The molecule has 0 spiro atoms. The fourth-order valence-corrected chi connectivity index (χ4v) is 2.69. The highest BCUT2D eigenvalue weighted by atomic mass is 15.2. The Morgan fingerprint density at radius 3 is 2.67 bits per heavy atom. The monoisotopic (exact) mass is 242 g/mol. The van der Waals surface area contributed by atoms with Crippen molar-refractivity contribution in [3.05, 3.63) is 24.3 Å². The van der Waals surface area contributed by atoms with Crippen molar-refractivity contribution in [2.24, 2.45) is 5.41 Å². The molecular formula is C14H18N4. The number of anilines is 1. The SMILES string of the molecule is CC1(C)CCCC1Nc1nnc2ccccc2n1. The summed E-state index contributed by atoms with van der Waals surface area (Å²) in [6.45, 7) is 4.60. The van der Waals surface area contributed by atoms with E-state index in [9.17, 15) is 0 Å². The lowest BCUT2D eigenvalue weighted by atomic mass is 9.87. The van der Waals surface area contributed by atoms with E-state index in [0.29, 0.717) is 17.4 Å². The number of hydrogen-bond donors (Lipinski definition) is 1. The second-order valence-electron chi connectivity index (χ2n) is 5.70. The van der Waals surface area contributed by atoms with E-state index in [-0.39, 0.29) is 0 Å². The first kappa shape index (κ1) is 11.4. The molecule has 4 heteroatoms. The summed E-state index contributed by atoms with van der Waals surface area (Å²) in [6, 6.07) is 8.26. The molecule has 18 heavy (non-hydrogen) atoms. The first-order valence-electron chi connectivity index (χ1n) is 6.51. The van der Waals surface area contributed by atoms with Crippen LogP contribution in [0.15, 0.2) is 24.3 Å². The highest BCUT2D eigenvalue weighted by Gasteiger charge is 2.34. The number of para-hydroxylation sites is 1. The molecule has 1 aliphatic carbocycles. The van der Waals surface area contributed by atoms with Gasteiger partial charge in [-0.1, -0.05) is 32.4 Å². The van der Waals surface area contributed by atoms with Gasteiger partial charge < -0.3 is 5.32 Å². The van der Waals surface area contributed by atoms with Crippen molar-refractivity contribution in [2.75, 3.05) is 5.32 Å². The summed E-state index contributed by atoms with van der Waals surface area (Å²) in [6.07, 6.45) is 3.71. The molecule has 1 fully saturated rings. The van der Waals surface area contributed by atoms with Crippen molar-refractivity contribution in [2.45, 2.75) is 39.2 Å². The average Bonchev–Trinajstić information content (AvgIpc) is 2.69. The third-order valence-electron chi connectivity index (χ3n) is 3.92. The van der Waals surface area contributed by atoms with Crippen molar-refractivity contribution >= 4 is 17.0 Å². The molecule has 0 radical (unpaired) electrons. The smallest absolute Gasteiger partial charge is 0.243 e. The van der Waals surface area contributed by atoms with Crippen LogP contribution in [0.3, 0.4) is 0 Å². The number of nitrogens with one attached hydrogen (secondary N) is 1. The molecule has 4 nitrogen and oxygen atoms in total. The van der Waals surface area contributed by atoms with E-state index in [1.165, 1.54) is 19.3 Å². The molecule has 1 atom stereocenters. The van der Waals surface area contributed by atoms with Gasteiger partial charge in [-0.3, -0.25) is 0 Å². The molecule has 94 valence electrons. The lowest BCUT2D eigenvalue weighted by Crippen LogP contribution is -2.31. The molecule has 1 aromatic heterocycles. The molecule has 0 bridgehead atoms. The Balaban J connectivity index is 1.87. The molecular weight excluding hydrogens is 224 g/mol. The van der Waals surface area contributed by atoms with Crippen LogP contribution in [0.5, 0.6) is 0 Å². The van der Waals surface area contributed by atoms with Gasteiger partial charge in [-0.2, -0.15) is 0 Å². The lowest BCUT2D eigenvalue weighted by molar-refractivity contribution is 0.348. The van der Waals surface area contributed by atoms with Gasteiger partial charge in [0.15, 0.2) is 0 Å². The number of benzene rings is 1. The molecule has 0 amide bonds. The summed E-state index contributed by atoms with van der Waals surface area (Å²) in [7, 11) is 0. The van der Waals surface area contributed by atoms with Crippen LogP contribution in [0.4, 0.5) is 5.95 Å². The van der Waals surface area contributed by atoms with E-state index in [4.69, 9.17) is 0 Å². The second-order valence-corrected chi connectivity index (χ2v) is 5.70. The zero-order chi connectivity index (χ0) is 12.6. The standard InChI is InChI=1S/C14H18N4/c1-14(2)9-5-8-12(14)16-13-15-10-6-3-4-7-11(10)17-18-13/h3-4,6-7,12H,5,8-9H2,1-2H3,(H,15,16,18). The van der Waals surface area contributed by atoms with Crippen molar-refractivity contribution in [3.63, 3.8) is 0 Å². The Morgan fingerprint density at radius 1 is 1.17 bits per heavy atom. The van der Waals surface area contributed by atoms with Gasteiger partial charge in [0.25, 0.3) is 0 Å². The molecule has 3 rings (SSSR count). The van der Waals surface area contributed by atoms with Gasteiger partial charge in [0, 0.05) is 6.04 Å². The Morgan fingerprint density at radius 2 is 1.94 bits per heavy atom. The number of hydrogen-bond acceptors (Lipinski definition) is 4. The summed E-state index contributed by atoms with van der Waals surface area (Å²) < 4.78 is 0. The van der Waals surface area contributed by atoms with E-state index in [0.717, 1.165) is 11.0 Å². The summed E-state index contributed by atoms with van der Waals surface area (Å²) in [4.78, 5) is 4.52. The van der Waals surface area contributed by atoms with E-state index in [1.807, 2.05) is 24.3 Å². The topological polar surface area (TPSA) is 50.7 Å². The third kappa shape index (κ3) is 2.03. The molecule has 1 N–H and O–H groups in total. The minimum absolute atomic E-state index is 0.314. The first-order chi connectivity index (χ1) is 8.65. The molecule has 0 saturated heterocycles. The Bertz CT molecular complexity index is 564. The fraction of sp³-hybridized carbons (Fsp3) is 0.500. The summed E-state index contributed by atoms with van der Waals surface area (Å²) in [5, 5.41) is 11.8. The molecule has 1 unspecified atom stereocenters. The number of nitrogens with zero attached hydrogens (tertiary/aromatic N) is 3. The van der Waals surface area contributed by atoms with Crippen molar-refractivity contribution in [1.29, 1.82) is 0 Å². The van der Waals surface area contributed by atoms with Crippen LogP contribution in [0.1, 0.15) is 33.1 Å². The second kappa shape index (κ2) is 4.19.